The summed E-state index contributed by atoms with van der Waals surface area (Å²) in [5.74, 6) is 0.501. The molecule has 1 unspecified atom stereocenters. The minimum absolute atomic E-state index is 0.213. The van der Waals surface area contributed by atoms with Crippen LogP contribution in [0.3, 0.4) is 0 Å². The van der Waals surface area contributed by atoms with Gasteiger partial charge < -0.3 is 4.90 Å². The molecule has 0 aromatic heterocycles. The number of carbonyl (C=O) groups excluding carboxylic acids is 1. The zero-order chi connectivity index (χ0) is 12.6. The Balaban J connectivity index is 1.95. The van der Waals surface area contributed by atoms with Gasteiger partial charge in [-0.05, 0) is 29.5 Å². The summed E-state index contributed by atoms with van der Waals surface area (Å²) in [6.07, 6.45) is 1.02. The SMILES string of the molecule is CN(Cc1ccc(Br)cc1)C(=O)C1CC1(C)C. The lowest BCUT2D eigenvalue weighted by Gasteiger charge is -2.18. The fraction of sp³-hybridized carbons (Fsp3) is 0.500. The zero-order valence-electron chi connectivity index (χ0n) is 10.5. The maximum absolute atomic E-state index is 12.1. The van der Waals surface area contributed by atoms with E-state index in [0.717, 1.165) is 10.9 Å². The van der Waals surface area contributed by atoms with Gasteiger partial charge >= 0.3 is 0 Å². The van der Waals surface area contributed by atoms with Crippen molar-refractivity contribution < 1.29 is 4.79 Å². The average Bonchev–Trinajstić information content (AvgIpc) is 2.90. The topological polar surface area (TPSA) is 20.3 Å². The van der Waals surface area contributed by atoms with E-state index in [1.165, 1.54) is 5.56 Å². The molecule has 0 bridgehead atoms. The van der Waals surface area contributed by atoms with Crippen LogP contribution >= 0.6 is 15.9 Å². The number of halogens is 1. The fourth-order valence-electron chi connectivity index (χ4n) is 2.10. The Labute approximate surface area is 111 Å². The molecule has 1 amide bonds. The summed E-state index contributed by atoms with van der Waals surface area (Å²) < 4.78 is 1.07. The molecule has 1 aliphatic carbocycles. The van der Waals surface area contributed by atoms with Crippen molar-refractivity contribution in [1.82, 2.24) is 4.90 Å². The molecule has 0 heterocycles. The van der Waals surface area contributed by atoms with Crippen molar-refractivity contribution in [2.24, 2.45) is 11.3 Å². The Bertz CT molecular complexity index is 424. The van der Waals surface area contributed by atoms with Gasteiger partial charge in [0.15, 0.2) is 0 Å². The Morgan fingerprint density at radius 2 is 1.94 bits per heavy atom. The molecule has 17 heavy (non-hydrogen) atoms. The second kappa shape index (κ2) is 4.45. The van der Waals surface area contributed by atoms with Gasteiger partial charge in [-0.25, -0.2) is 0 Å². The van der Waals surface area contributed by atoms with E-state index in [1.807, 2.05) is 36.2 Å². The van der Waals surface area contributed by atoms with Gasteiger partial charge in [-0.2, -0.15) is 0 Å². The maximum atomic E-state index is 12.1. The van der Waals surface area contributed by atoms with E-state index in [-0.39, 0.29) is 17.2 Å². The van der Waals surface area contributed by atoms with Crippen LogP contribution in [0.5, 0.6) is 0 Å². The molecule has 0 spiro atoms. The van der Waals surface area contributed by atoms with E-state index >= 15 is 0 Å². The van der Waals surface area contributed by atoms with E-state index in [1.54, 1.807) is 0 Å². The minimum atomic E-state index is 0.213. The number of rotatable bonds is 3. The van der Waals surface area contributed by atoms with Crippen LogP contribution in [0.2, 0.25) is 0 Å². The van der Waals surface area contributed by atoms with Crippen LogP contribution in [0.4, 0.5) is 0 Å². The first-order valence-electron chi connectivity index (χ1n) is 5.89. The van der Waals surface area contributed by atoms with Crippen molar-refractivity contribution in [3.8, 4) is 0 Å². The molecule has 0 saturated heterocycles. The highest BCUT2D eigenvalue weighted by atomic mass is 79.9. The molecule has 0 radical (unpaired) electrons. The van der Waals surface area contributed by atoms with E-state index < -0.39 is 0 Å². The van der Waals surface area contributed by atoms with E-state index in [9.17, 15) is 4.79 Å². The van der Waals surface area contributed by atoms with Gasteiger partial charge in [-0.1, -0.05) is 41.9 Å². The van der Waals surface area contributed by atoms with E-state index in [4.69, 9.17) is 0 Å². The Hall–Kier alpha value is -0.830. The monoisotopic (exact) mass is 295 g/mol. The Morgan fingerprint density at radius 3 is 2.41 bits per heavy atom. The molecule has 1 aromatic carbocycles. The average molecular weight is 296 g/mol. The summed E-state index contributed by atoms with van der Waals surface area (Å²) >= 11 is 3.41. The highest BCUT2D eigenvalue weighted by Gasteiger charge is 2.51. The molecule has 3 heteroatoms. The highest BCUT2D eigenvalue weighted by molar-refractivity contribution is 9.10. The van der Waals surface area contributed by atoms with Crippen molar-refractivity contribution in [2.75, 3.05) is 7.05 Å². The second-order valence-corrected chi connectivity index (χ2v) is 6.48. The molecule has 1 atom stereocenters. The first-order valence-corrected chi connectivity index (χ1v) is 6.69. The quantitative estimate of drug-likeness (QED) is 0.836. The van der Waals surface area contributed by atoms with Crippen LogP contribution in [0.15, 0.2) is 28.7 Å². The number of carbonyl (C=O) groups is 1. The van der Waals surface area contributed by atoms with Crippen LogP contribution in [-0.4, -0.2) is 17.9 Å². The molecule has 2 nitrogen and oxygen atoms in total. The summed E-state index contributed by atoms with van der Waals surface area (Å²) in [4.78, 5) is 13.9. The molecular weight excluding hydrogens is 278 g/mol. The number of benzene rings is 1. The first kappa shape index (κ1) is 12.6. The molecule has 92 valence electrons. The van der Waals surface area contributed by atoms with Gasteiger partial charge in [0.25, 0.3) is 0 Å². The summed E-state index contributed by atoms with van der Waals surface area (Å²) in [6, 6.07) is 8.11. The predicted octanol–water partition coefficient (Wildman–Crippen LogP) is 3.45. The Morgan fingerprint density at radius 1 is 1.41 bits per heavy atom. The van der Waals surface area contributed by atoms with Crippen LogP contribution in [0.1, 0.15) is 25.8 Å². The third-order valence-corrected chi connectivity index (χ3v) is 4.05. The van der Waals surface area contributed by atoms with Crippen molar-refractivity contribution >= 4 is 21.8 Å². The number of hydrogen-bond donors (Lipinski definition) is 0. The Kier molecular flexibility index (Phi) is 3.30. The van der Waals surface area contributed by atoms with Crippen molar-refractivity contribution in [3.63, 3.8) is 0 Å². The largest absolute Gasteiger partial charge is 0.341 e. The highest BCUT2D eigenvalue weighted by Crippen LogP contribution is 2.52. The second-order valence-electron chi connectivity index (χ2n) is 5.57. The van der Waals surface area contributed by atoms with Gasteiger partial charge in [0.1, 0.15) is 0 Å². The molecular formula is C14H18BrNO. The zero-order valence-corrected chi connectivity index (χ0v) is 12.1. The standard InChI is InChI=1S/C14H18BrNO/c1-14(2)8-12(14)13(17)16(3)9-10-4-6-11(15)7-5-10/h4-7,12H,8-9H2,1-3H3. The van der Waals surface area contributed by atoms with Crippen LogP contribution in [0.25, 0.3) is 0 Å². The third kappa shape index (κ3) is 2.89. The lowest BCUT2D eigenvalue weighted by molar-refractivity contribution is -0.132. The van der Waals surface area contributed by atoms with Gasteiger partial charge in [0.05, 0.1) is 0 Å². The van der Waals surface area contributed by atoms with Crippen molar-refractivity contribution in [2.45, 2.75) is 26.8 Å². The number of hydrogen-bond acceptors (Lipinski definition) is 1. The van der Waals surface area contributed by atoms with Gasteiger partial charge in [-0.3, -0.25) is 4.79 Å². The van der Waals surface area contributed by atoms with E-state index in [2.05, 4.69) is 29.8 Å². The summed E-state index contributed by atoms with van der Waals surface area (Å²) in [7, 11) is 1.89. The lowest BCUT2D eigenvalue weighted by atomic mass is 10.1. The van der Waals surface area contributed by atoms with Gasteiger partial charge in [0.2, 0.25) is 5.91 Å². The normalized spacial score (nSPS) is 21.1. The number of amides is 1. The summed E-state index contributed by atoms with van der Waals surface area (Å²) in [6.45, 7) is 5.00. The van der Waals surface area contributed by atoms with Gasteiger partial charge in [-0.15, -0.1) is 0 Å². The molecule has 1 fully saturated rings. The van der Waals surface area contributed by atoms with Crippen molar-refractivity contribution in [1.29, 1.82) is 0 Å². The lowest BCUT2D eigenvalue weighted by Crippen LogP contribution is -2.28. The van der Waals surface area contributed by atoms with Gasteiger partial charge in [0, 0.05) is 24.0 Å². The molecule has 1 aromatic rings. The molecule has 2 rings (SSSR count). The molecule has 0 aliphatic heterocycles. The molecule has 1 saturated carbocycles. The van der Waals surface area contributed by atoms with Crippen LogP contribution < -0.4 is 0 Å². The summed E-state index contributed by atoms with van der Waals surface area (Å²) in [5.41, 5.74) is 1.38. The van der Waals surface area contributed by atoms with Crippen molar-refractivity contribution in [3.05, 3.63) is 34.3 Å². The summed E-state index contributed by atoms with van der Waals surface area (Å²) in [5, 5.41) is 0. The van der Waals surface area contributed by atoms with Crippen LogP contribution in [-0.2, 0) is 11.3 Å². The van der Waals surface area contributed by atoms with Crippen LogP contribution in [0, 0.1) is 11.3 Å². The smallest absolute Gasteiger partial charge is 0.226 e. The first-order chi connectivity index (χ1) is 7.90. The minimum Gasteiger partial charge on any atom is -0.341 e. The molecule has 1 aliphatic rings. The fourth-order valence-corrected chi connectivity index (χ4v) is 2.36. The van der Waals surface area contributed by atoms with E-state index in [0.29, 0.717) is 6.54 Å². The maximum Gasteiger partial charge on any atom is 0.226 e. The predicted molar refractivity (Wildman–Crippen MR) is 72.5 cm³/mol. The number of nitrogens with zero attached hydrogens (tertiary/aromatic N) is 1. The third-order valence-electron chi connectivity index (χ3n) is 3.52. The molecule has 0 N–H and O–H groups in total.